The minimum Gasteiger partial charge on any atom is -0.325 e. The van der Waals surface area contributed by atoms with Crippen LogP contribution in [0.25, 0.3) is 0 Å². The first-order chi connectivity index (χ1) is 12.6. The molecule has 5 nitrogen and oxygen atoms in total. The molecule has 0 atom stereocenters. The van der Waals surface area contributed by atoms with E-state index >= 15 is 0 Å². The molecule has 142 valence electrons. The summed E-state index contributed by atoms with van der Waals surface area (Å²) in [6.07, 6.45) is -4.55. The van der Waals surface area contributed by atoms with Crippen molar-refractivity contribution in [3.63, 3.8) is 0 Å². The summed E-state index contributed by atoms with van der Waals surface area (Å²) < 4.78 is 38.9. The summed E-state index contributed by atoms with van der Waals surface area (Å²) in [7, 11) is 0. The van der Waals surface area contributed by atoms with Gasteiger partial charge in [-0.05, 0) is 49.2 Å². The van der Waals surface area contributed by atoms with Gasteiger partial charge in [-0.25, -0.2) is 5.48 Å². The number of alkyl halides is 3. The molecule has 0 aromatic heterocycles. The van der Waals surface area contributed by atoms with Crippen molar-refractivity contribution < 1.29 is 28.0 Å². The van der Waals surface area contributed by atoms with Crippen LogP contribution in [0, 0.1) is 0 Å². The Morgan fingerprint density at radius 3 is 2.44 bits per heavy atom. The first-order valence-corrected chi connectivity index (χ1v) is 8.13. The van der Waals surface area contributed by atoms with Crippen LogP contribution in [0.15, 0.2) is 42.5 Å². The largest absolute Gasteiger partial charge is 0.416 e. The number of carbonyl (C=O) groups is 2. The molecule has 0 radical (unpaired) electrons. The number of halogens is 3. The molecule has 0 fully saturated rings. The van der Waals surface area contributed by atoms with Gasteiger partial charge in [0.2, 0.25) is 0 Å². The molecule has 27 heavy (non-hydrogen) atoms. The highest BCUT2D eigenvalue weighted by Gasteiger charge is 2.42. The van der Waals surface area contributed by atoms with E-state index in [1.54, 1.807) is 31.5 Å². The molecule has 0 saturated carbocycles. The minimum atomic E-state index is -4.55. The van der Waals surface area contributed by atoms with Crippen LogP contribution in [-0.2, 0) is 18.3 Å². The Hall–Kier alpha value is -2.87. The quantitative estimate of drug-likeness (QED) is 0.618. The van der Waals surface area contributed by atoms with Crippen molar-refractivity contribution in [1.82, 2.24) is 10.4 Å². The van der Waals surface area contributed by atoms with Crippen LogP contribution >= 0.6 is 0 Å². The van der Waals surface area contributed by atoms with Crippen molar-refractivity contribution in [3.05, 3.63) is 70.3 Å². The van der Waals surface area contributed by atoms with Crippen molar-refractivity contribution >= 4 is 11.8 Å². The Bertz CT molecular complexity index is 923. The summed E-state index contributed by atoms with van der Waals surface area (Å²) >= 11 is 0. The van der Waals surface area contributed by atoms with Gasteiger partial charge in [0.1, 0.15) is 0 Å². The van der Waals surface area contributed by atoms with Gasteiger partial charge in [-0.3, -0.25) is 14.8 Å². The third kappa shape index (κ3) is 3.16. The van der Waals surface area contributed by atoms with Crippen LogP contribution < -0.4 is 5.48 Å². The maximum absolute atomic E-state index is 13.0. The number of benzene rings is 2. The van der Waals surface area contributed by atoms with E-state index in [9.17, 15) is 22.8 Å². The van der Waals surface area contributed by atoms with E-state index in [0.29, 0.717) is 11.1 Å². The molecule has 0 bridgehead atoms. The molecule has 1 heterocycles. The van der Waals surface area contributed by atoms with Crippen LogP contribution in [0.4, 0.5) is 13.2 Å². The number of fused-ring (bicyclic) bond motifs is 1. The van der Waals surface area contributed by atoms with Crippen molar-refractivity contribution in [2.45, 2.75) is 32.1 Å². The highest BCUT2D eigenvalue weighted by molar-refractivity contribution is 5.98. The van der Waals surface area contributed by atoms with Crippen LogP contribution in [0.3, 0.4) is 0 Å². The predicted molar refractivity (Wildman–Crippen MR) is 90.0 cm³/mol. The lowest BCUT2D eigenvalue weighted by atomic mass is 9.91. The Morgan fingerprint density at radius 1 is 1.15 bits per heavy atom. The Kier molecular flexibility index (Phi) is 4.47. The highest BCUT2D eigenvalue weighted by atomic mass is 19.4. The monoisotopic (exact) mass is 378 g/mol. The lowest BCUT2D eigenvalue weighted by molar-refractivity contribution is -0.137. The van der Waals surface area contributed by atoms with Crippen LogP contribution in [0.1, 0.15) is 51.3 Å². The van der Waals surface area contributed by atoms with Gasteiger partial charge >= 0.3 is 6.18 Å². The summed E-state index contributed by atoms with van der Waals surface area (Å²) in [5, 5.41) is 8.92. The molecule has 2 amide bonds. The van der Waals surface area contributed by atoms with E-state index in [1.807, 2.05) is 0 Å². The molecule has 0 aliphatic carbocycles. The number of nitrogens with one attached hydrogen (secondary N) is 1. The fourth-order valence-corrected chi connectivity index (χ4v) is 3.41. The average Bonchev–Trinajstić information content (AvgIpc) is 2.91. The average molecular weight is 378 g/mol. The Balaban J connectivity index is 2.02. The second-order valence-corrected chi connectivity index (χ2v) is 6.80. The van der Waals surface area contributed by atoms with Gasteiger partial charge in [0.05, 0.1) is 11.1 Å². The SMILES string of the molecule is CC1(C)c2cccc(C(=O)NO)c2CN1C(=O)c1cccc(C(F)(F)F)c1. The number of hydroxylamine groups is 1. The normalized spacial score (nSPS) is 15.4. The maximum atomic E-state index is 13.0. The van der Waals surface area contributed by atoms with Crippen molar-refractivity contribution in [3.8, 4) is 0 Å². The van der Waals surface area contributed by atoms with Gasteiger partial charge in [-0.1, -0.05) is 18.2 Å². The highest BCUT2D eigenvalue weighted by Crippen LogP contribution is 2.41. The third-order valence-corrected chi connectivity index (χ3v) is 4.85. The van der Waals surface area contributed by atoms with Gasteiger partial charge in [0, 0.05) is 17.7 Å². The van der Waals surface area contributed by atoms with Crippen LogP contribution in [0.2, 0.25) is 0 Å². The van der Waals surface area contributed by atoms with Gasteiger partial charge in [0.25, 0.3) is 11.8 Å². The van der Waals surface area contributed by atoms with Crippen LogP contribution in [-0.4, -0.2) is 21.9 Å². The van der Waals surface area contributed by atoms with E-state index in [-0.39, 0.29) is 17.7 Å². The number of hydrogen-bond donors (Lipinski definition) is 2. The number of hydrogen-bond acceptors (Lipinski definition) is 3. The topological polar surface area (TPSA) is 69.6 Å². The molecule has 0 unspecified atom stereocenters. The summed E-state index contributed by atoms with van der Waals surface area (Å²) in [4.78, 5) is 26.3. The zero-order valence-corrected chi connectivity index (χ0v) is 14.6. The number of amides is 2. The minimum absolute atomic E-state index is 0.0427. The first-order valence-electron chi connectivity index (χ1n) is 8.13. The molecule has 2 aromatic carbocycles. The lowest BCUT2D eigenvalue weighted by Crippen LogP contribution is -2.40. The molecule has 2 N–H and O–H groups in total. The molecule has 1 aliphatic rings. The molecular formula is C19H17F3N2O3. The van der Waals surface area contributed by atoms with E-state index in [2.05, 4.69) is 0 Å². The van der Waals surface area contributed by atoms with E-state index in [1.165, 1.54) is 23.1 Å². The van der Waals surface area contributed by atoms with Crippen molar-refractivity contribution in [2.24, 2.45) is 0 Å². The summed E-state index contributed by atoms with van der Waals surface area (Å²) in [5.74, 6) is -1.28. The van der Waals surface area contributed by atoms with Gasteiger partial charge in [-0.15, -0.1) is 0 Å². The molecule has 0 spiro atoms. The zero-order valence-electron chi connectivity index (χ0n) is 14.6. The molecule has 8 heteroatoms. The second kappa shape index (κ2) is 6.38. The molecule has 2 aromatic rings. The third-order valence-electron chi connectivity index (χ3n) is 4.85. The second-order valence-electron chi connectivity index (χ2n) is 6.80. The Labute approximate surface area is 153 Å². The van der Waals surface area contributed by atoms with Crippen LogP contribution in [0.5, 0.6) is 0 Å². The van der Waals surface area contributed by atoms with E-state index in [0.717, 1.165) is 12.1 Å². The maximum Gasteiger partial charge on any atom is 0.416 e. The van der Waals surface area contributed by atoms with Crippen molar-refractivity contribution in [1.29, 1.82) is 0 Å². The van der Waals surface area contributed by atoms with E-state index in [4.69, 9.17) is 5.21 Å². The van der Waals surface area contributed by atoms with Gasteiger partial charge in [-0.2, -0.15) is 13.2 Å². The van der Waals surface area contributed by atoms with Crippen molar-refractivity contribution in [2.75, 3.05) is 0 Å². The van der Waals surface area contributed by atoms with Gasteiger partial charge < -0.3 is 4.90 Å². The fraction of sp³-hybridized carbons (Fsp3) is 0.263. The molecule has 0 saturated heterocycles. The van der Waals surface area contributed by atoms with Gasteiger partial charge in [0.15, 0.2) is 0 Å². The summed E-state index contributed by atoms with van der Waals surface area (Å²) in [6, 6.07) is 9.15. The predicted octanol–water partition coefficient (Wildman–Crippen LogP) is 3.72. The lowest BCUT2D eigenvalue weighted by Gasteiger charge is -2.32. The molecule has 3 rings (SSSR count). The number of rotatable bonds is 2. The first kappa shape index (κ1) is 18.9. The zero-order chi connectivity index (χ0) is 20.0. The standard InChI is InChI=1S/C19H17F3N2O3/c1-18(2)15-8-4-7-13(16(25)23-27)14(15)10-24(18)17(26)11-5-3-6-12(9-11)19(20,21)22/h3-9,27H,10H2,1-2H3,(H,23,25). The summed E-state index contributed by atoms with van der Waals surface area (Å²) in [5.41, 5.74) is 1.20. The fourth-order valence-electron chi connectivity index (χ4n) is 3.41. The Morgan fingerprint density at radius 2 is 1.81 bits per heavy atom. The summed E-state index contributed by atoms with van der Waals surface area (Å²) in [6.45, 7) is 3.55. The smallest absolute Gasteiger partial charge is 0.325 e. The number of carbonyl (C=O) groups excluding carboxylic acids is 2. The van der Waals surface area contributed by atoms with E-state index < -0.39 is 29.1 Å². The molecule has 1 aliphatic heterocycles. The molecular weight excluding hydrogens is 361 g/mol. The number of nitrogens with zero attached hydrogens (tertiary/aromatic N) is 1.